The maximum absolute atomic E-state index is 12.0. The number of benzene rings is 3. The second kappa shape index (κ2) is 9.72. The molecule has 0 amide bonds. The molecule has 0 aromatic heterocycles. The molecule has 0 unspecified atom stereocenters. The highest BCUT2D eigenvalue weighted by Gasteiger charge is 2.07. The van der Waals surface area contributed by atoms with Gasteiger partial charge in [0.2, 0.25) is 0 Å². The topological polar surface area (TPSA) is 52.6 Å². The Kier molecular flexibility index (Phi) is 6.82. The summed E-state index contributed by atoms with van der Waals surface area (Å²) < 4.78 is 10.4. The number of carbonyl (C=O) groups excluding carboxylic acids is 2. The van der Waals surface area contributed by atoms with Gasteiger partial charge in [0.25, 0.3) is 0 Å². The van der Waals surface area contributed by atoms with E-state index in [2.05, 4.69) is 0 Å². The van der Waals surface area contributed by atoms with E-state index in [-0.39, 0.29) is 24.9 Å². The summed E-state index contributed by atoms with van der Waals surface area (Å²) in [4.78, 5) is 23.2. The van der Waals surface area contributed by atoms with Gasteiger partial charge in [-0.2, -0.15) is 0 Å². The number of alkyl halides is 1. The van der Waals surface area contributed by atoms with Crippen molar-refractivity contribution >= 4 is 23.5 Å². The molecule has 3 aromatic rings. The maximum Gasteiger partial charge on any atom is 0.326 e. The summed E-state index contributed by atoms with van der Waals surface area (Å²) in [5.74, 6) is -0.482. The molecule has 0 radical (unpaired) electrons. The monoisotopic (exact) mass is 394 g/mol. The normalized spacial score (nSPS) is 10.3. The number of ether oxygens (including phenoxy) is 2. The Hall–Kier alpha value is -3.11. The summed E-state index contributed by atoms with van der Waals surface area (Å²) in [5.41, 5.74) is 3.82. The third kappa shape index (κ3) is 5.69. The fraction of sp³-hybridized carbons (Fsp3) is 0.130. The van der Waals surface area contributed by atoms with Crippen molar-refractivity contribution in [2.75, 3.05) is 5.88 Å². The zero-order valence-corrected chi connectivity index (χ0v) is 15.9. The van der Waals surface area contributed by atoms with Crippen LogP contribution in [0.25, 0.3) is 11.1 Å². The first kappa shape index (κ1) is 19.6. The van der Waals surface area contributed by atoms with Crippen molar-refractivity contribution in [2.24, 2.45) is 0 Å². The minimum atomic E-state index is -0.488. The summed E-state index contributed by atoms with van der Waals surface area (Å²) in [6.07, 6.45) is 0.223. The highest BCUT2D eigenvalue weighted by molar-refractivity contribution is 6.26. The van der Waals surface area contributed by atoms with Gasteiger partial charge in [-0.25, -0.2) is 0 Å². The van der Waals surface area contributed by atoms with Crippen LogP contribution in [0, 0.1) is 0 Å². The molecule has 0 bridgehead atoms. The zero-order chi connectivity index (χ0) is 19.8. The van der Waals surface area contributed by atoms with Crippen LogP contribution in [0.15, 0.2) is 78.9 Å². The van der Waals surface area contributed by atoms with Crippen molar-refractivity contribution in [3.05, 3.63) is 90.0 Å². The lowest BCUT2D eigenvalue weighted by molar-refractivity contribution is -0.144. The van der Waals surface area contributed by atoms with Crippen LogP contribution < -0.4 is 4.74 Å². The Morgan fingerprint density at radius 1 is 0.714 bits per heavy atom. The van der Waals surface area contributed by atoms with Crippen LogP contribution in [-0.2, 0) is 27.4 Å². The molecule has 142 valence electrons. The lowest BCUT2D eigenvalue weighted by atomic mass is 10.0. The molecule has 0 atom stereocenters. The predicted molar refractivity (Wildman–Crippen MR) is 108 cm³/mol. The molecule has 0 N–H and O–H groups in total. The number of halogens is 1. The van der Waals surface area contributed by atoms with Gasteiger partial charge >= 0.3 is 11.9 Å². The van der Waals surface area contributed by atoms with Gasteiger partial charge in [-0.15, -0.1) is 11.6 Å². The molecular formula is C23H19ClO4. The Bertz CT molecular complexity index is 919. The van der Waals surface area contributed by atoms with Crippen molar-refractivity contribution in [1.29, 1.82) is 0 Å². The number of hydrogen-bond acceptors (Lipinski definition) is 4. The SMILES string of the molecule is O=C(Cc1ccc(-c2ccc(OC(=O)CCl)cc2)cc1)OCc1ccccc1. The van der Waals surface area contributed by atoms with E-state index < -0.39 is 5.97 Å². The molecule has 0 spiro atoms. The largest absolute Gasteiger partial charge is 0.461 e. The first-order chi connectivity index (χ1) is 13.6. The summed E-state index contributed by atoms with van der Waals surface area (Å²) in [6.45, 7) is 0.276. The molecule has 0 saturated heterocycles. The van der Waals surface area contributed by atoms with E-state index >= 15 is 0 Å². The van der Waals surface area contributed by atoms with Crippen molar-refractivity contribution in [3.63, 3.8) is 0 Å². The average molecular weight is 395 g/mol. The van der Waals surface area contributed by atoms with E-state index in [1.54, 1.807) is 12.1 Å². The van der Waals surface area contributed by atoms with Gasteiger partial charge in [0.1, 0.15) is 18.2 Å². The van der Waals surface area contributed by atoms with E-state index in [9.17, 15) is 9.59 Å². The van der Waals surface area contributed by atoms with Crippen molar-refractivity contribution in [3.8, 4) is 16.9 Å². The lowest BCUT2D eigenvalue weighted by Crippen LogP contribution is -2.08. The molecule has 3 rings (SSSR count). The standard InChI is InChI=1S/C23H19ClO4/c24-15-23(26)28-21-12-10-20(11-13-21)19-8-6-17(7-9-19)14-22(25)27-16-18-4-2-1-3-5-18/h1-13H,14-16H2. The molecular weight excluding hydrogens is 376 g/mol. The Morgan fingerprint density at radius 2 is 1.32 bits per heavy atom. The third-order valence-electron chi connectivity index (χ3n) is 4.07. The molecule has 0 heterocycles. The predicted octanol–water partition coefficient (Wildman–Crippen LogP) is 4.78. The number of hydrogen-bond donors (Lipinski definition) is 0. The van der Waals surface area contributed by atoms with E-state index in [0.29, 0.717) is 5.75 Å². The van der Waals surface area contributed by atoms with Crippen LogP contribution in [-0.4, -0.2) is 17.8 Å². The molecule has 5 heteroatoms. The molecule has 0 aliphatic carbocycles. The molecule has 0 fully saturated rings. The van der Waals surface area contributed by atoms with Gasteiger partial charge in [0.05, 0.1) is 6.42 Å². The minimum absolute atomic E-state index is 0.184. The molecule has 0 aliphatic rings. The summed E-state index contributed by atoms with van der Waals surface area (Å²) in [5, 5.41) is 0. The average Bonchev–Trinajstić information content (AvgIpc) is 2.74. The van der Waals surface area contributed by atoms with Gasteiger partial charge in [0.15, 0.2) is 0 Å². The molecule has 0 saturated carbocycles. The van der Waals surface area contributed by atoms with Crippen LogP contribution in [0.1, 0.15) is 11.1 Å². The molecule has 28 heavy (non-hydrogen) atoms. The lowest BCUT2D eigenvalue weighted by Gasteiger charge is -2.07. The van der Waals surface area contributed by atoms with Crippen molar-refractivity contribution in [1.82, 2.24) is 0 Å². The first-order valence-electron chi connectivity index (χ1n) is 8.79. The van der Waals surface area contributed by atoms with Gasteiger partial charge in [-0.1, -0.05) is 66.7 Å². The van der Waals surface area contributed by atoms with Gasteiger partial charge in [-0.05, 0) is 34.4 Å². The van der Waals surface area contributed by atoms with Crippen LogP contribution in [0.5, 0.6) is 5.75 Å². The summed E-state index contributed by atoms with van der Waals surface area (Å²) in [7, 11) is 0. The zero-order valence-electron chi connectivity index (χ0n) is 15.1. The van der Waals surface area contributed by atoms with Crippen molar-refractivity contribution in [2.45, 2.75) is 13.0 Å². The van der Waals surface area contributed by atoms with Crippen LogP contribution in [0.3, 0.4) is 0 Å². The number of esters is 2. The van der Waals surface area contributed by atoms with Crippen LogP contribution >= 0.6 is 11.6 Å². The second-order valence-corrected chi connectivity index (χ2v) is 6.42. The molecule has 3 aromatic carbocycles. The Balaban J connectivity index is 1.55. The smallest absolute Gasteiger partial charge is 0.326 e. The fourth-order valence-corrected chi connectivity index (χ4v) is 2.70. The fourth-order valence-electron chi connectivity index (χ4n) is 2.64. The van der Waals surface area contributed by atoms with Crippen molar-refractivity contribution < 1.29 is 19.1 Å². The van der Waals surface area contributed by atoms with E-state index in [1.165, 1.54) is 0 Å². The first-order valence-corrected chi connectivity index (χ1v) is 9.33. The van der Waals surface area contributed by atoms with Crippen LogP contribution in [0.2, 0.25) is 0 Å². The quantitative estimate of drug-likeness (QED) is 0.328. The molecule has 4 nitrogen and oxygen atoms in total. The number of rotatable bonds is 7. The summed E-state index contributed by atoms with van der Waals surface area (Å²) in [6, 6.07) is 24.4. The minimum Gasteiger partial charge on any atom is -0.461 e. The Labute approximate surface area is 168 Å². The van der Waals surface area contributed by atoms with E-state index in [1.807, 2.05) is 66.7 Å². The summed E-state index contributed by atoms with van der Waals surface area (Å²) >= 11 is 5.42. The third-order valence-corrected chi connectivity index (χ3v) is 4.29. The maximum atomic E-state index is 12.0. The van der Waals surface area contributed by atoms with Gasteiger partial charge < -0.3 is 9.47 Å². The number of carbonyl (C=O) groups is 2. The highest BCUT2D eigenvalue weighted by Crippen LogP contribution is 2.23. The van der Waals surface area contributed by atoms with E-state index in [0.717, 1.165) is 22.3 Å². The molecule has 0 aliphatic heterocycles. The van der Waals surface area contributed by atoms with Gasteiger partial charge in [-0.3, -0.25) is 9.59 Å². The Morgan fingerprint density at radius 3 is 1.93 bits per heavy atom. The second-order valence-electron chi connectivity index (χ2n) is 6.15. The van der Waals surface area contributed by atoms with Gasteiger partial charge in [0, 0.05) is 0 Å². The van der Waals surface area contributed by atoms with E-state index in [4.69, 9.17) is 21.1 Å². The van der Waals surface area contributed by atoms with Crippen LogP contribution in [0.4, 0.5) is 0 Å². The highest BCUT2D eigenvalue weighted by atomic mass is 35.5.